The molecule has 6 nitrogen and oxygen atoms in total. The van der Waals surface area contributed by atoms with Crippen LogP contribution in [0.4, 0.5) is 5.69 Å². The van der Waals surface area contributed by atoms with Crippen LogP contribution in [-0.2, 0) is 9.59 Å². The van der Waals surface area contributed by atoms with E-state index in [4.69, 9.17) is 9.47 Å². The summed E-state index contributed by atoms with van der Waals surface area (Å²) in [7, 11) is 0. The van der Waals surface area contributed by atoms with Crippen molar-refractivity contribution in [3.8, 4) is 11.5 Å². The van der Waals surface area contributed by atoms with Gasteiger partial charge in [-0.25, -0.2) is 0 Å². The van der Waals surface area contributed by atoms with Gasteiger partial charge in [-0.05, 0) is 30.9 Å². The van der Waals surface area contributed by atoms with Gasteiger partial charge in [0.15, 0.2) is 11.5 Å². The molecule has 0 spiro atoms. The highest BCUT2D eigenvalue weighted by atomic mass is 16.6. The fourth-order valence-corrected chi connectivity index (χ4v) is 4.11. The van der Waals surface area contributed by atoms with Crippen LogP contribution >= 0.6 is 0 Å². The van der Waals surface area contributed by atoms with Gasteiger partial charge in [0.2, 0.25) is 11.8 Å². The number of nitrogens with zero attached hydrogens (tertiary/aromatic N) is 1. The molecule has 2 amide bonds. The molecule has 6 heteroatoms. The summed E-state index contributed by atoms with van der Waals surface area (Å²) in [6, 6.07) is 5.51. The minimum atomic E-state index is -0.278. The second-order valence-corrected chi connectivity index (χ2v) is 7.48. The van der Waals surface area contributed by atoms with Crippen molar-refractivity contribution in [2.75, 3.05) is 31.2 Å². The van der Waals surface area contributed by atoms with Crippen LogP contribution < -0.4 is 19.7 Å². The number of nitrogens with one attached hydrogen (secondary N) is 1. The second-order valence-electron chi connectivity index (χ2n) is 7.48. The highest BCUT2D eigenvalue weighted by Crippen LogP contribution is 2.36. The normalized spacial score (nSPS) is 23.2. The molecule has 2 heterocycles. The molecule has 3 aliphatic rings. The van der Waals surface area contributed by atoms with Crippen LogP contribution in [0.3, 0.4) is 0 Å². The van der Waals surface area contributed by atoms with Gasteiger partial charge in [-0.1, -0.05) is 19.3 Å². The molecular formula is C20H26N2O4. The van der Waals surface area contributed by atoms with Gasteiger partial charge in [-0.3, -0.25) is 9.59 Å². The van der Waals surface area contributed by atoms with E-state index >= 15 is 0 Å². The zero-order valence-corrected chi connectivity index (χ0v) is 15.0. The SMILES string of the molecule is O=C(NCC1CCCCC1)C1CC(=O)N(c2ccc3c(c2)OCCO3)C1. The molecule has 2 aliphatic heterocycles. The van der Waals surface area contributed by atoms with Crippen LogP contribution in [0.1, 0.15) is 38.5 Å². The molecule has 2 fully saturated rings. The predicted molar refractivity (Wildman–Crippen MR) is 97.5 cm³/mol. The number of rotatable bonds is 4. The third kappa shape index (κ3) is 3.64. The number of hydrogen-bond donors (Lipinski definition) is 1. The lowest BCUT2D eigenvalue weighted by Crippen LogP contribution is -2.36. The molecule has 1 aromatic carbocycles. The molecule has 4 rings (SSSR count). The Hall–Kier alpha value is -2.24. The van der Waals surface area contributed by atoms with Crippen LogP contribution in [0.25, 0.3) is 0 Å². The second kappa shape index (κ2) is 7.56. The number of amides is 2. The van der Waals surface area contributed by atoms with Gasteiger partial charge < -0.3 is 19.7 Å². The summed E-state index contributed by atoms with van der Waals surface area (Å²) in [5.74, 6) is 1.67. The summed E-state index contributed by atoms with van der Waals surface area (Å²) >= 11 is 0. The molecule has 140 valence electrons. The van der Waals surface area contributed by atoms with E-state index in [0.29, 0.717) is 37.2 Å². The van der Waals surface area contributed by atoms with Crippen molar-refractivity contribution in [2.24, 2.45) is 11.8 Å². The molecule has 0 aromatic heterocycles. The van der Waals surface area contributed by atoms with Gasteiger partial charge in [0.1, 0.15) is 13.2 Å². The number of carbonyl (C=O) groups is 2. The molecule has 1 unspecified atom stereocenters. The molecule has 1 saturated carbocycles. The van der Waals surface area contributed by atoms with Crippen molar-refractivity contribution >= 4 is 17.5 Å². The summed E-state index contributed by atoms with van der Waals surface area (Å²) in [5, 5.41) is 3.07. The summed E-state index contributed by atoms with van der Waals surface area (Å²) in [6.07, 6.45) is 6.51. The summed E-state index contributed by atoms with van der Waals surface area (Å²) in [5.41, 5.74) is 0.766. The van der Waals surface area contributed by atoms with Crippen LogP contribution in [-0.4, -0.2) is 38.1 Å². The van der Waals surface area contributed by atoms with Crippen molar-refractivity contribution in [3.63, 3.8) is 0 Å². The maximum atomic E-state index is 12.5. The van der Waals surface area contributed by atoms with Crippen molar-refractivity contribution in [1.82, 2.24) is 5.32 Å². The zero-order chi connectivity index (χ0) is 17.9. The number of hydrogen-bond acceptors (Lipinski definition) is 4. The lowest BCUT2D eigenvalue weighted by Gasteiger charge is -2.23. The van der Waals surface area contributed by atoms with Gasteiger partial charge in [0, 0.05) is 31.3 Å². The van der Waals surface area contributed by atoms with E-state index in [1.807, 2.05) is 18.2 Å². The first-order valence-electron chi connectivity index (χ1n) is 9.68. The van der Waals surface area contributed by atoms with Crippen LogP contribution in [0.15, 0.2) is 18.2 Å². The number of anilines is 1. The maximum absolute atomic E-state index is 12.5. The Morgan fingerprint density at radius 2 is 1.88 bits per heavy atom. The molecule has 1 atom stereocenters. The third-order valence-electron chi connectivity index (χ3n) is 5.62. The van der Waals surface area contributed by atoms with Crippen LogP contribution in [0, 0.1) is 11.8 Å². The smallest absolute Gasteiger partial charge is 0.227 e. The average Bonchev–Trinajstić information content (AvgIpc) is 3.08. The maximum Gasteiger partial charge on any atom is 0.227 e. The standard InChI is InChI=1S/C20H26N2O4/c23-19-10-15(20(24)21-12-14-4-2-1-3-5-14)13-22(19)16-6-7-17-18(11-16)26-9-8-25-17/h6-7,11,14-15H,1-5,8-10,12-13H2,(H,21,24). The van der Waals surface area contributed by atoms with Crippen LogP contribution in [0.2, 0.25) is 0 Å². The molecule has 0 bridgehead atoms. The van der Waals surface area contributed by atoms with E-state index in [-0.39, 0.29) is 24.2 Å². The van der Waals surface area contributed by atoms with Crippen molar-refractivity contribution in [3.05, 3.63) is 18.2 Å². The quantitative estimate of drug-likeness (QED) is 0.898. The van der Waals surface area contributed by atoms with Gasteiger partial charge in [0.25, 0.3) is 0 Å². The van der Waals surface area contributed by atoms with Gasteiger partial charge >= 0.3 is 0 Å². The average molecular weight is 358 g/mol. The summed E-state index contributed by atoms with van der Waals surface area (Å²) in [6.45, 7) is 2.22. The molecular weight excluding hydrogens is 332 g/mol. The molecule has 1 aliphatic carbocycles. The fourth-order valence-electron chi connectivity index (χ4n) is 4.11. The van der Waals surface area contributed by atoms with Crippen LogP contribution in [0.5, 0.6) is 11.5 Å². The number of ether oxygens (including phenoxy) is 2. The highest BCUT2D eigenvalue weighted by molar-refractivity contribution is 6.00. The largest absolute Gasteiger partial charge is 0.486 e. The Balaban J connectivity index is 1.36. The van der Waals surface area contributed by atoms with E-state index in [9.17, 15) is 9.59 Å². The Morgan fingerprint density at radius 1 is 1.12 bits per heavy atom. The first-order chi connectivity index (χ1) is 12.7. The van der Waals surface area contributed by atoms with Crippen molar-refractivity contribution < 1.29 is 19.1 Å². The van der Waals surface area contributed by atoms with Gasteiger partial charge in [0.05, 0.1) is 5.92 Å². The van der Waals surface area contributed by atoms with Crippen molar-refractivity contribution in [2.45, 2.75) is 38.5 Å². The lowest BCUT2D eigenvalue weighted by atomic mass is 9.89. The fraction of sp³-hybridized carbons (Fsp3) is 0.600. The molecule has 1 aromatic rings. The van der Waals surface area contributed by atoms with E-state index < -0.39 is 0 Å². The van der Waals surface area contributed by atoms with E-state index in [1.165, 1.54) is 32.1 Å². The topological polar surface area (TPSA) is 67.9 Å². The summed E-state index contributed by atoms with van der Waals surface area (Å²) < 4.78 is 11.1. The molecule has 0 radical (unpaired) electrons. The highest BCUT2D eigenvalue weighted by Gasteiger charge is 2.35. The molecule has 1 N–H and O–H groups in total. The first-order valence-corrected chi connectivity index (χ1v) is 9.68. The van der Waals surface area contributed by atoms with Gasteiger partial charge in [-0.2, -0.15) is 0 Å². The Bertz CT molecular complexity index is 684. The minimum absolute atomic E-state index is 0.00367. The molecule has 26 heavy (non-hydrogen) atoms. The number of carbonyl (C=O) groups excluding carboxylic acids is 2. The Morgan fingerprint density at radius 3 is 2.69 bits per heavy atom. The number of fused-ring (bicyclic) bond motifs is 1. The Kier molecular flexibility index (Phi) is 5.00. The van der Waals surface area contributed by atoms with E-state index in [0.717, 1.165) is 12.2 Å². The predicted octanol–water partition coefficient (Wildman–Crippen LogP) is 2.51. The summed E-state index contributed by atoms with van der Waals surface area (Å²) in [4.78, 5) is 26.6. The number of benzene rings is 1. The lowest BCUT2D eigenvalue weighted by molar-refractivity contribution is -0.126. The van der Waals surface area contributed by atoms with E-state index in [1.54, 1.807) is 4.90 Å². The monoisotopic (exact) mass is 358 g/mol. The minimum Gasteiger partial charge on any atom is -0.486 e. The molecule has 1 saturated heterocycles. The first kappa shape index (κ1) is 17.2. The Labute approximate surface area is 153 Å². The van der Waals surface area contributed by atoms with E-state index in [2.05, 4.69) is 5.32 Å². The van der Waals surface area contributed by atoms with Crippen molar-refractivity contribution in [1.29, 1.82) is 0 Å². The third-order valence-corrected chi connectivity index (χ3v) is 5.62. The van der Waals surface area contributed by atoms with Gasteiger partial charge in [-0.15, -0.1) is 0 Å². The zero-order valence-electron chi connectivity index (χ0n) is 15.0.